The fourth-order valence-corrected chi connectivity index (χ4v) is 2.46. The summed E-state index contributed by atoms with van der Waals surface area (Å²) in [6.45, 7) is 2.12. The molecular weight excluding hydrogens is 246 g/mol. The van der Waals surface area contributed by atoms with Crippen LogP contribution in [-0.4, -0.2) is 24.1 Å². The highest BCUT2D eigenvalue weighted by molar-refractivity contribution is 6.02. The Hall–Kier alpha value is -2.42. The molecule has 0 radical (unpaired) electrons. The van der Waals surface area contributed by atoms with Crippen LogP contribution in [0.3, 0.4) is 0 Å². The number of aryl methyl sites for hydroxylation is 1. The molecule has 0 aliphatic heterocycles. The van der Waals surface area contributed by atoms with E-state index in [-0.39, 0.29) is 0 Å². The first kappa shape index (κ1) is 12.6. The second kappa shape index (κ2) is 4.93. The summed E-state index contributed by atoms with van der Waals surface area (Å²) in [7, 11) is 4.04. The van der Waals surface area contributed by atoms with E-state index in [1.807, 2.05) is 49.7 Å². The summed E-state index contributed by atoms with van der Waals surface area (Å²) in [5, 5.41) is 2.41. The van der Waals surface area contributed by atoms with Crippen LogP contribution in [0.1, 0.15) is 5.56 Å². The molecule has 0 atom stereocenters. The van der Waals surface area contributed by atoms with Crippen molar-refractivity contribution < 1.29 is 0 Å². The number of benzene rings is 1. The van der Waals surface area contributed by atoms with E-state index >= 15 is 0 Å². The Balaban J connectivity index is 2.35. The minimum atomic E-state index is 0.998. The van der Waals surface area contributed by atoms with Crippen molar-refractivity contribution in [3.63, 3.8) is 0 Å². The molecule has 0 aliphatic rings. The highest BCUT2D eigenvalue weighted by Gasteiger charge is 2.10. The molecule has 0 fully saturated rings. The zero-order valence-corrected chi connectivity index (χ0v) is 12.0. The third kappa shape index (κ3) is 2.11. The molecule has 3 heteroatoms. The van der Waals surface area contributed by atoms with E-state index in [1.54, 1.807) is 0 Å². The minimum absolute atomic E-state index is 0.998. The minimum Gasteiger partial charge on any atom is -0.362 e. The van der Waals surface area contributed by atoms with E-state index < -0.39 is 0 Å². The predicted octanol–water partition coefficient (Wildman–Crippen LogP) is 3.67. The molecule has 0 unspecified atom stereocenters. The van der Waals surface area contributed by atoms with Gasteiger partial charge in [0.2, 0.25) is 0 Å². The highest BCUT2D eigenvalue weighted by atomic mass is 15.1. The van der Waals surface area contributed by atoms with Crippen LogP contribution in [0.4, 0.5) is 5.82 Å². The van der Waals surface area contributed by atoms with E-state index in [2.05, 4.69) is 35.1 Å². The number of rotatable bonds is 2. The number of pyridine rings is 2. The molecule has 0 bridgehead atoms. The average Bonchev–Trinajstić information content (AvgIpc) is 2.46. The second-order valence-electron chi connectivity index (χ2n) is 5.17. The summed E-state index contributed by atoms with van der Waals surface area (Å²) in [6, 6.07) is 10.5. The Morgan fingerprint density at radius 1 is 0.950 bits per heavy atom. The maximum Gasteiger partial charge on any atom is 0.135 e. The third-order valence-electron chi connectivity index (χ3n) is 3.44. The van der Waals surface area contributed by atoms with E-state index in [9.17, 15) is 0 Å². The molecule has 0 saturated heterocycles. The summed E-state index contributed by atoms with van der Waals surface area (Å²) in [4.78, 5) is 10.8. The first-order valence-electron chi connectivity index (χ1n) is 6.64. The molecule has 3 nitrogen and oxygen atoms in total. The summed E-state index contributed by atoms with van der Waals surface area (Å²) in [5.41, 5.74) is 3.55. The van der Waals surface area contributed by atoms with Gasteiger partial charge < -0.3 is 4.90 Å². The monoisotopic (exact) mass is 263 g/mol. The number of anilines is 1. The molecule has 20 heavy (non-hydrogen) atoms. The molecule has 0 N–H and O–H groups in total. The maximum atomic E-state index is 4.62. The van der Waals surface area contributed by atoms with Gasteiger partial charge in [0.15, 0.2) is 0 Å². The standard InChI is InChI=1S/C17H17N3/c1-12-4-5-14-15(10-12)16(11-19-17(14)20(2)3)13-6-8-18-9-7-13/h4-11H,1-3H3. The molecule has 0 saturated carbocycles. The van der Waals surface area contributed by atoms with Crippen LogP contribution in [-0.2, 0) is 0 Å². The van der Waals surface area contributed by atoms with Gasteiger partial charge in [-0.3, -0.25) is 4.98 Å². The lowest BCUT2D eigenvalue weighted by atomic mass is 9.99. The van der Waals surface area contributed by atoms with Crippen LogP contribution in [0.25, 0.3) is 21.9 Å². The molecule has 2 heterocycles. The topological polar surface area (TPSA) is 29.0 Å². The highest BCUT2D eigenvalue weighted by Crippen LogP contribution is 2.32. The number of hydrogen-bond donors (Lipinski definition) is 0. The first-order chi connectivity index (χ1) is 9.66. The smallest absolute Gasteiger partial charge is 0.135 e. The number of aromatic nitrogens is 2. The number of fused-ring (bicyclic) bond motifs is 1. The Labute approximate surface area is 118 Å². The van der Waals surface area contributed by atoms with Crippen molar-refractivity contribution in [1.82, 2.24) is 9.97 Å². The molecule has 3 rings (SSSR count). The molecule has 0 amide bonds. The van der Waals surface area contributed by atoms with Crippen LogP contribution >= 0.6 is 0 Å². The van der Waals surface area contributed by atoms with E-state index in [0.717, 1.165) is 16.9 Å². The van der Waals surface area contributed by atoms with Crippen molar-refractivity contribution in [3.05, 3.63) is 54.5 Å². The Kier molecular flexibility index (Phi) is 3.11. The third-order valence-corrected chi connectivity index (χ3v) is 3.44. The van der Waals surface area contributed by atoms with E-state index in [0.29, 0.717) is 0 Å². The van der Waals surface area contributed by atoms with Crippen LogP contribution in [0.2, 0.25) is 0 Å². The van der Waals surface area contributed by atoms with Crippen molar-refractivity contribution >= 4 is 16.6 Å². The van der Waals surface area contributed by atoms with Gasteiger partial charge in [0, 0.05) is 43.6 Å². The van der Waals surface area contributed by atoms with Gasteiger partial charge in [-0.1, -0.05) is 23.8 Å². The van der Waals surface area contributed by atoms with E-state index in [1.165, 1.54) is 16.3 Å². The lowest BCUT2D eigenvalue weighted by Gasteiger charge is -2.16. The molecule has 1 aromatic carbocycles. The van der Waals surface area contributed by atoms with Gasteiger partial charge in [-0.05, 0) is 30.0 Å². The lowest BCUT2D eigenvalue weighted by Crippen LogP contribution is -2.11. The predicted molar refractivity (Wildman–Crippen MR) is 84.0 cm³/mol. The Bertz CT molecular complexity index is 749. The average molecular weight is 263 g/mol. The first-order valence-corrected chi connectivity index (χ1v) is 6.64. The zero-order chi connectivity index (χ0) is 14.1. The molecule has 0 aliphatic carbocycles. The largest absolute Gasteiger partial charge is 0.362 e. The molecule has 100 valence electrons. The number of hydrogen-bond acceptors (Lipinski definition) is 3. The van der Waals surface area contributed by atoms with Gasteiger partial charge in [0.05, 0.1) is 0 Å². The van der Waals surface area contributed by atoms with Gasteiger partial charge in [-0.2, -0.15) is 0 Å². The van der Waals surface area contributed by atoms with Crippen LogP contribution in [0, 0.1) is 6.92 Å². The van der Waals surface area contributed by atoms with Gasteiger partial charge in [0.1, 0.15) is 5.82 Å². The SMILES string of the molecule is Cc1ccc2c(N(C)C)ncc(-c3ccncc3)c2c1. The van der Waals surface area contributed by atoms with Crippen molar-refractivity contribution in [1.29, 1.82) is 0 Å². The normalized spacial score (nSPS) is 10.8. The van der Waals surface area contributed by atoms with Crippen molar-refractivity contribution in [2.75, 3.05) is 19.0 Å². The summed E-state index contributed by atoms with van der Waals surface area (Å²) < 4.78 is 0. The van der Waals surface area contributed by atoms with Gasteiger partial charge >= 0.3 is 0 Å². The maximum absolute atomic E-state index is 4.62. The van der Waals surface area contributed by atoms with Crippen molar-refractivity contribution in [2.45, 2.75) is 6.92 Å². The van der Waals surface area contributed by atoms with E-state index in [4.69, 9.17) is 0 Å². The summed E-state index contributed by atoms with van der Waals surface area (Å²) >= 11 is 0. The fraction of sp³-hybridized carbons (Fsp3) is 0.176. The van der Waals surface area contributed by atoms with Crippen molar-refractivity contribution in [3.8, 4) is 11.1 Å². The summed E-state index contributed by atoms with van der Waals surface area (Å²) in [5.74, 6) is 0.998. The molecule has 0 spiro atoms. The Morgan fingerprint density at radius 2 is 1.70 bits per heavy atom. The molecule has 3 aromatic rings. The van der Waals surface area contributed by atoms with Crippen LogP contribution in [0.5, 0.6) is 0 Å². The zero-order valence-electron chi connectivity index (χ0n) is 12.0. The molecular formula is C17H17N3. The van der Waals surface area contributed by atoms with Crippen LogP contribution in [0.15, 0.2) is 48.9 Å². The summed E-state index contributed by atoms with van der Waals surface area (Å²) in [6.07, 6.45) is 5.58. The van der Waals surface area contributed by atoms with Crippen LogP contribution < -0.4 is 4.90 Å². The van der Waals surface area contributed by atoms with Crippen molar-refractivity contribution in [2.24, 2.45) is 0 Å². The van der Waals surface area contributed by atoms with Gasteiger partial charge in [0.25, 0.3) is 0 Å². The lowest BCUT2D eigenvalue weighted by molar-refractivity contribution is 1.08. The fourth-order valence-electron chi connectivity index (χ4n) is 2.46. The second-order valence-corrected chi connectivity index (χ2v) is 5.17. The molecule has 2 aromatic heterocycles. The number of nitrogens with zero attached hydrogens (tertiary/aromatic N) is 3. The quantitative estimate of drug-likeness (QED) is 0.706. The Morgan fingerprint density at radius 3 is 2.40 bits per heavy atom. The van der Waals surface area contributed by atoms with Gasteiger partial charge in [-0.15, -0.1) is 0 Å². The van der Waals surface area contributed by atoms with Gasteiger partial charge in [-0.25, -0.2) is 4.98 Å².